The average molecular weight is 430 g/mol. The van der Waals surface area contributed by atoms with E-state index >= 15 is 0 Å². The summed E-state index contributed by atoms with van der Waals surface area (Å²) >= 11 is 0. The van der Waals surface area contributed by atoms with Crippen molar-refractivity contribution >= 4 is 29.7 Å². The highest BCUT2D eigenvalue weighted by Crippen LogP contribution is 2.20. The van der Waals surface area contributed by atoms with Crippen molar-refractivity contribution in [2.45, 2.75) is 70.3 Å². The Kier molecular flexibility index (Phi) is 9.18. The van der Waals surface area contributed by atoms with Gasteiger partial charge in [0.1, 0.15) is 12.1 Å². The first-order chi connectivity index (χ1) is 13.9. The summed E-state index contributed by atoms with van der Waals surface area (Å²) in [6.45, 7) is 4.98. The Morgan fingerprint density at radius 2 is 1.70 bits per heavy atom. The first kappa shape index (κ1) is 25.3. The molecule has 0 spiro atoms. The van der Waals surface area contributed by atoms with E-state index in [1.807, 2.05) is 5.32 Å². The van der Waals surface area contributed by atoms with Gasteiger partial charge in [-0.1, -0.05) is 13.8 Å². The van der Waals surface area contributed by atoms with Crippen LogP contribution in [-0.4, -0.2) is 86.7 Å². The summed E-state index contributed by atoms with van der Waals surface area (Å²) in [7, 11) is 0. The summed E-state index contributed by atoms with van der Waals surface area (Å²) in [5.74, 6) is -5.30. The highest BCUT2D eigenvalue weighted by molar-refractivity contribution is 5.96. The molecule has 0 aromatic rings. The highest BCUT2D eigenvalue weighted by Gasteiger charge is 2.39. The third-order valence-corrected chi connectivity index (χ3v) is 4.90. The van der Waals surface area contributed by atoms with Crippen LogP contribution in [0.25, 0.3) is 0 Å². The minimum atomic E-state index is -1.68. The van der Waals surface area contributed by atoms with Gasteiger partial charge in [0.05, 0.1) is 18.6 Å². The molecule has 5 atom stereocenters. The molecule has 30 heavy (non-hydrogen) atoms. The van der Waals surface area contributed by atoms with Gasteiger partial charge in [0.25, 0.3) is 0 Å². The van der Waals surface area contributed by atoms with Gasteiger partial charge in [-0.25, -0.2) is 4.79 Å². The summed E-state index contributed by atoms with van der Waals surface area (Å²) < 4.78 is 0. The molecule has 7 N–H and O–H groups in total. The second-order valence-corrected chi connectivity index (χ2v) is 7.68. The number of amides is 3. The average Bonchev–Trinajstić information content (AvgIpc) is 3.12. The molecule has 1 aliphatic rings. The van der Waals surface area contributed by atoms with Crippen LogP contribution < -0.4 is 16.4 Å². The molecule has 0 aliphatic carbocycles. The predicted octanol–water partition coefficient (Wildman–Crippen LogP) is -2.13. The molecule has 0 bridgehead atoms. The van der Waals surface area contributed by atoms with E-state index in [2.05, 4.69) is 5.32 Å². The minimum Gasteiger partial charge on any atom is -0.481 e. The Hall–Kier alpha value is -2.73. The van der Waals surface area contributed by atoms with Gasteiger partial charge in [0, 0.05) is 6.54 Å². The Bertz CT molecular complexity index is 681. The lowest BCUT2D eigenvalue weighted by Crippen LogP contribution is -2.58. The van der Waals surface area contributed by atoms with Crippen LogP contribution in [0, 0.1) is 5.92 Å². The molecule has 0 radical (unpaired) electrons. The van der Waals surface area contributed by atoms with Crippen molar-refractivity contribution in [1.82, 2.24) is 15.5 Å². The number of carbonyl (C=O) groups is 5. The summed E-state index contributed by atoms with van der Waals surface area (Å²) in [6, 6.07) is -5.00. The third-order valence-electron chi connectivity index (χ3n) is 4.90. The number of aliphatic hydroxyl groups is 1. The van der Waals surface area contributed by atoms with Gasteiger partial charge >= 0.3 is 11.9 Å². The van der Waals surface area contributed by atoms with Crippen LogP contribution in [0.2, 0.25) is 0 Å². The van der Waals surface area contributed by atoms with Gasteiger partial charge in [-0.2, -0.15) is 0 Å². The molecule has 5 unspecified atom stereocenters. The first-order valence-corrected chi connectivity index (χ1v) is 9.66. The van der Waals surface area contributed by atoms with Crippen LogP contribution in [0.1, 0.15) is 40.0 Å². The zero-order chi connectivity index (χ0) is 23.2. The van der Waals surface area contributed by atoms with Crippen LogP contribution in [-0.2, 0) is 24.0 Å². The third kappa shape index (κ3) is 6.66. The van der Waals surface area contributed by atoms with Crippen LogP contribution in [0.3, 0.4) is 0 Å². The molecule has 1 heterocycles. The zero-order valence-corrected chi connectivity index (χ0v) is 17.2. The highest BCUT2D eigenvalue weighted by atomic mass is 16.4. The van der Waals surface area contributed by atoms with E-state index < -0.39 is 66.4 Å². The van der Waals surface area contributed by atoms with Gasteiger partial charge in [-0.05, 0) is 25.7 Å². The maximum atomic E-state index is 12.7. The van der Waals surface area contributed by atoms with Crippen molar-refractivity contribution in [2.24, 2.45) is 11.7 Å². The molecule has 170 valence electrons. The van der Waals surface area contributed by atoms with Gasteiger partial charge < -0.3 is 36.6 Å². The summed E-state index contributed by atoms with van der Waals surface area (Å²) in [5, 5.41) is 31.9. The molecule has 1 aliphatic heterocycles. The number of carboxylic acid groups (broad SMARTS) is 2. The SMILES string of the molecule is CC(C)C(N)C(=O)N1CCCC1C(=O)NC(CC(=O)O)C(=O)NC(C(=O)O)C(C)O. The number of hydrogen-bond acceptors (Lipinski definition) is 7. The Morgan fingerprint density at radius 3 is 2.17 bits per heavy atom. The van der Waals surface area contributed by atoms with Crippen molar-refractivity contribution in [2.75, 3.05) is 6.54 Å². The molecular formula is C18H30N4O8. The number of rotatable bonds is 10. The van der Waals surface area contributed by atoms with E-state index in [-0.39, 0.29) is 5.92 Å². The van der Waals surface area contributed by atoms with Crippen molar-refractivity contribution in [1.29, 1.82) is 0 Å². The standard InChI is InChI=1S/C18H30N4O8/c1-8(2)13(19)17(28)22-6-4-5-11(22)16(27)20-10(7-12(24)25)15(26)21-14(9(3)23)18(29)30/h8-11,13-14,23H,4-7,19H2,1-3H3,(H,20,27)(H,21,26)(H,24,25)(H,29,30). The summed E-state index contributed by atoms with van der Waals surface area (Å²) in [6.07, 6.45) is -1.41. The van der Waals surface area contributed by atoms with Crippen molar-refractivity contribution in [3.8, 4) is 0 Å². The van der Waals surface area contributed by atoms with Gasteiger partial charge in [-0.15, -0.1) is 0 Å². The predicted molar refractivity (Wildman–Crippen MR) is 103 cm³/mol. The Balaban J connectivity index is 2.94. The monoisotopic (exact) mass is 430 g/mol. The molecule has 1 saturated heterocycles. The zero-order valence-electron chi connectivity index (χ0n) is 17.2. The second kappa shape index (κ2) is 10.9. The second-order valence-electron chi connectivity index (χ2n) is 7.68. The van der Waals surface area contributed by atoms with Crippen LogP contribution in [0.15, 0.2) is 0 Å². The lowest BCUT2D eigenvalue weighted by atomic mass is 10.0. The fourth-order valence-corrected chi connectivity index (χ4v) is 3.07. The number of nitrogens with two attached hydrogens (primary N) is 1. The smallest absolute Gasteiger partial charge is 0.328 e. The van der Waals surface area contributed by atoms with Gasteiger partial charge in [0.2, 0.25) is 17.7 Å². The number of carboxylic acids is 2. The quantitative estimate of drug-likeness (QED) is 0.224. The number of hydrogen-bond donors (Lipinski definition) is 6. The Labute approximate surface area is 173 Å². The molecule has 0 saturated carbocycles. The number of aliphatic carboxylic acids is 2. The maximum Gasteiger partial charge on any atom is 0.328 e. The molecule has 3 amide bonds. The largest absolute Gasteiger partial charge is 0.481 e. The molecule has 0 aromatic carbocycles. The fraction of sp³-hybridized carbons (Fsp3) is 0.722. The lowest BCUT2D eigenvalue weighted by molar-refractivity contribution is -0.146. The van der Waals surface area contributed by atoms with Crippen LogP contribution in [0.4, 0.5) is 0 Å². The molecule has 12 heteroatoms. The fourth-order valence-electron chi connectivity index (χ4n) is 3.07. The van der Waals surface area contributed by atoms with E-state index in [9.17, 15) is 29.1 Å². The van der Waals surface area contributed by atoms with E-state index in [4.69, 9.17) is 15.9 Å². The molecular weight excluding hydrogens is 400 g/mol. The van der Waals surface area contributed by atoms with Gasteiger partial charge in [0.15, 0.2) is 6.04 Å². The van der Waals surface area contributed by atoms with Crippen LogP contribution in [0.5, 0.6) is 0 Å². The van der Waals surface area contributed by atoms with E-state index in [0.717, 1.165) is 6.92 Å². The summed E-state index contributed by atoms with van der Waals surface area (Å²) in [4.78, 5) is 61.3. The van der Waals surface area contributed by atoms with Crippen molar-refractivity contribution in [3.05, 3.63) is 0 Å². The van der Waals surface area contributed by atoms with Crippen molar-refractivity contribution < 1.29 is 39.3 Å². The number of nitrogens with one attached hydrogen (secondary N) is 2. The molecule has 12 nitrogen and oxygen atoms in total. The minimum absolute atomic E-state index is 0.152. The topological polar surface area (TPSA) is 199 Å². The number of aliphatic hydroxyl groups excluding tert-OH is 1. The van der Waals surface area contributed by atoms with E-state index in [1.54, 1.807) is 13.8 Å². The van der Waals surface area contributed by atoms with Gasteiger partial charge in [-0.3, -0.25) is 19.2 Å². The number of likely N-dealkylation sites (tertiary alicyclic amines) is 1. The Morgan fingerprint density at radius 1 is 1.10 bits per heavy atom. The maximum absolute atomic E-state index is 12.7. The van der Waals surface area contributed by atoms with Crippen molar-refractivity contribution in [3.63, 3.8) is 0 Å². The lowest BCUT2D eigenvalue weighted by Gasteiger charge is -2.29. The molecule has 0 aromatic heterocycles. The van der Waals surface area contributed by atoms with Crippen LogP contribution >= 0.6 is 0 Å². The summed E-state index contributed by atoms with van der Waals surface area (Å²) in [5.41, 5.74) is 5.89. The normalized spacial score (nSPS) is 20.2. The molecule has 1 rings (SSSR count). The number of nitrogens with zero attached hydrogens (tertiary/aromatic N) is 1. The van der Waals surface area contributed by atoms with E-state index in [0.29, 0.717) is 19.4 Å². The number of carbonyl (C=O) groups excluding carboxylic acids is 3. The molecule has 1 fully saturated rings. The van der Waals surface area contributed by atoms with E-state index in [1.165, 1.54) is 4.90 Å². The first-order valence-electron chi connectivity index (χ1n) is 9.66.